The SMILES string of the molecule is C[C@]12CCC(C=O)[C@@]1(O)CCCC2=O. The molecule has 3 atom stereocenters. The summed E-state index contributed by atoms with van der Waals surface area (Å²) in [6, 6.07) is 0. The topological polar surface area (TPSA) is 54.4 Å². The first-order valence-electron chi connectivity index (χ1n) is 5.25. The summed E-state index contributed by atoms with van der Waals surface area (Å²) in [6.07, 6.45) is 4.01. The molecule has 0 heterocycles. The van der Waals surface area contributed by atoms with Crippen LogP contribution in [0.3, 0.4) is 0 Å². The van der Waals surface area contributed by atoms with E-state index in [9.17, 15) is 14.7 Å². The summed E-state index contributed by atoms with van der Waals surface area (Å²) in [4.78, 5) is 22.6. The van der Waals surface area contributed by atoms with E-state index in [2.05, 4.69) is 0 Å². The van der Waals surface area contributed by atoms with Gasteiger partial charge in [0.15, 0.2) is 0 Å². The number of hydrogen-bond donors (Lipinski definition) is 1. The van der Waals surface area contributed by atoms with Gasteiger partial charge >= 0.3 is 0 Å². The highest BCUT2D eigenvalue weighted by Crippen LogP contribution is 2.55. The van der Waals surface area contributed by atoms with Crippen molar-refractivity contribution in [1.82, 2.24) is 0 Å². The van der Waals surface area contributed by atoms with Gasteiger partial charge in [-0.3, -0.25) is 4.79 Å². The Morgan fingerprint density at radius 3 is 2.86 bits per heavy atom. The molecule has 3 heteroatoms. The second-order valence-electron chi connectivity index (χ2n) is 4.81. The van der Waals surface area contributed by atoms with Crippen LogP contribution in [0.1, 0.15) is 39.0 Å². The van der Waals surface area contributed by atoms with Gasteiger partial charge in [-0.15, -0.1) is 0 Å². The average Bonchev–Trinajstić information content (AvgIpc) is 2.41. The standard InChI is InChI=1S/C11H16O3/c1-10-6-4-8(7-12)11(10,14)5-2-3-9(10)13/h7-8,14H,2-6H2,1H3/t8?,10-,11+/m1/s1. The van der Waals surface area contributed by atoms with Crippen LogP contribution in [-0.4, -0.2) is 22.8 Å². The highest BCUT2D eigenvalue weighted by Gasteiger charge is 2.61. The predicted molar refractivity (Wildman–Crippen MR) is 50.7 cm³/mol. The summed E-state index contributed by atoms with van der Waals surface area (Å²) in [5, 5.41) is 10.4. The van der Waals surface area contributed by atoms with Gasteiger partial charge in [-0.25, -0.2) is 0 Å². The zero-order valence-corrected chi connectivity index (χ0v) is 8.45. The fraction of sp³-hybridized carbons (Fsp3) is 0.818. The van der Waals surface area contributed by atoms with Crippen LogP contribution in [0.15, 0.2) is 0 Å². The van der Waals surface area contributed by atoms with Crippen LogP contribution in [0.4, 0.5) is 0 Å². The van der Waals surface area contributed by atoms with Crippen LogP contribution >= 0.6 is 0 Å². The van der Waals surface area contributed by atoms with Crippen molar-refractivity contribution >= 4 is 12.1 Å². The maximum atomic E-state index is 11.8. The van der Waals surface area contributed by atoms with E-state index in [1.54, 1.807) is 0 Å². The molecule has 3 nitrogen and oxygen atoms in total. The molecule has 2 aliphatic carbocycles. The highest BCUT2D eigenvalue weighted by molar-refractivity contribution is 5.88. The Morgan fingerprint density at radius 2 is 2.21 bits per heavy atom. The first-order valence-corrected chi connectivity index (χ1v) is 5.25. The van der Waals surface area contributed by atoms with Crippen LogP contribution in [0.25, 0.3) is 0 Å². The second-order valence-corrected chi connectivity index (χ2v) is 4.81. The summed E-state index contributed by atoms with van der Waals surface area (Å²) in [7, 11) is 0. The zero-order valence-electron chi connectivity index (χ0n) is 8.45. The molecule has 2 saturated carbocycles. The molecule has 0 aliphatic heterocycles. The van der Waals surface area contributed by atoms with Gasteiger partial charge in [0, 0.05) is 12.3 Å². The number of hydrogen-bond acceptors (Lipinski definition) is 3. The molecule has 1 unspecified atom stereocenters. The minimum atomic E-state index is -1.05. The van der Waals surface area contributed by atoms with Crippen LogP contribution in [-0.2, 0) is 9.59 Å². The third-order valence-electron chi connectivity index (χ3n) is 4.27. The molecule has 1 N–H and O–H groups in total. The molecule has 0 spiro atoms. The summed E-state index contributed by atoms with van der Waals surface area (Å²) >= 11 is 0. The van der Waals surface area contributed by atoms with Crippen molar-refractivity contribution in [2.75, 3.05) is 0 Å². The molecule has 0 aromatic heterocycles. The molecular weight excluding hydrogens is 180 g/mol. The van der Waals surface area contributed by atoms with Gasteiger partial charge in [0.2, 0.25) is 0 Å². The molecular formula is C11H16O3. The summed E-state index contributed by atoms with van der Waals surface area (Å²) in [6.45, 7) is 1.82. The van der Waals surface area contributed by atoms with Gasteiger partial charge in [-0.1, -0.05) is 0 Å². The quantitative estimate of drug-likeness (QED) is 0.638. The Balaban J connectivity index is 2.41. The predicted octanol–water partition coefficient (Wildman–Crippen LogP) is 1.09. The van der Waals surface area contributed by atoms with Crippen molar-refractivity contribution in [2.24, 2.45) is 11.3 Å². The van der Waals surface area contributed by atoms with Crippen LogP contribution in [0, 0.1) is 11.3 Å². The van der Waals surface area contributed by atoms with Crippen molar-refractivity contribution in [3.63, 3.8) is 0 Å². The Hall–Kier alpha value is -0.700. The van der Waals surface area contributed by atoms with Crippen LogP contribution in [0.5, 0.6) is 0 Å². The van der Waals surface area contributed by atoms with Crippen molar-refractivity contribution in [3.8, 4) is 0 Å². The lowest BCUT2D eigenvalue weighted by molar-refractivity contribution is -0.156. The van der Waals surface area contributed by atoms with Crippen molar-refractivity contribution in [3.05, 3.63) is 0 Å². The number of rotatable bonds is 1. The zero-order chi connectivity index (χ0) is 10.4. The van der Waals surface area contributed by atoms with Gasteiger partial charge in [-0.2, -0.15) is 0 Å². The van der Waals surface area contributed by atoms with E-state index in [-0.39, 0.29) is 11.7 Å². The van der Waals surface area contributed by atoms with Crippen molar-refractivity contribution in [2.45, 2.75) is 44.6 Å². The molecule has 0 radical (unpaired) electrons. The number of aliphatic hydroxyl groups is 1. The van der Waals surface area contributed by atoms with E-state index < -0.39 is 11.0 Å². The fourth-order valence-corrected chi connectivity index (χ4v) is 3.13. The van der Waals surface area contributed by atoms with Gasteiger partial charge in [0.1, 0.15) is 12.1 Å². The number of fused-ring (bicyclic) bond motifs is 1. The number of ketones is 1. The molecule has 0 bridgehead atoms. The maximum Gasteiger partial charge on any atom is 0.141 e. The van der Waals surface area contributed by atoms with E-state index in [0.29, 0.717) is 25.7 Å². The number of Topliss-reactive ketones (excluding diaryl/α,β-unsaturated/α-hetero) is 1. The van der Waals surface area contributed by atoms with Gasteiger partial charge in [0.05, 0.1) is 11.0 Å². The third kappa shape index (κ3) is 0.962. The van der Waals surface area contributed by atoms with Crippen LogP contribution in [0.2, 0.25) is 0 Å². The lowest BCUT2D eigenvalue weighted by atomic mass is 9.63. The molecule has 2 rings (SSSR count). The van der Waals surface area contributed by atoms with E-state index in [1.807, 2.05) is 6.92 Å². The molecule has 2 aliphatic rings. The first-order chi connectivity index (χ1) is 6.54. The van der Waals surface area contributed by atoms with E-state index in [1.165, 1.54) is 0 Å². The fourth-order valence-electron chi connectivity index (χ4n) is 3.13. The molecule has 2 fully saturated rings. The first kappa shape index (κ1) is 9.84. The molecule has 0 aromatic rings. The lowest BCUT2D eigenvalue weighted by Gasteiger charge is -2.44. The lowest BCUT2D eigenvalue weighted by Crippen LogP contribution is -2.53. The molecule has 0 saturated heterocycles. The van der Waals surface area contributed by atoms with E-state index in [4.69, 9.17) is 0 Å². The van der Waals surface area contributed by atoms with Gasteiger partial charge in [-0.05, 0) is 32.6 Å². The van der Waals surface area contributed by atoms with E-state index in [0.717, 1.165) is 12.7 Å². The number of carbonyl (C=O) groups is 2. The molecule has 0 aromatic carbocycles. The Kier molecular flexibility index (Phi) is 2.03. The largest absolute Gasteiger partial charge is 0.388 e. The minimum absolute atomic E-state index is 0.135. The van der Waals surface area contributed by atoms with Crippen molar-refractivity contribution in [1.29, 1.82) is 0 Å². The third-order valence-corrected chi connectivity index (χ3v) is 4.27. The minimum Gasteiger partial charge on any atom is -0.388 e. The normalized spacial score (nSPS) is 47.6. The van der Waals surface area contributed by atoms with E-state index >= 15 is 0 Å². The Bertz CT molecular complexity index is 286. The molecule has 14 heavy (non-hydrogen) atoms. The van der Waals surface area contributed by atoms with Gasteiger partial charge < -0.3 is 9.90 Å². The summed E-state index contributed by atoms with van der Waals surface area (Å²) in [5.74, 6) is -0.202. The number of carbonyl (C=O) groups excluding carboxylic acids is 2. The Labute approximate surface area is 83.5 Å². The summed E-state index contributed by atoms with van der Waals surface area (Å²) < 4.78 is 0. The van der Waals surface area contributed by atoms with Crippen LogP contribution < -0.4 is 0 Å². The maximum absolute atomic E-state index is 11.8. The average molecular weight is 196 g/mol. The van der Waals surface area contributed by atoms with Gasteiger partial charge in [0.25, 0.3) is 0 Å². The monoisotopic (exact) mass is 196 g/mol. The van der Waals surface area contributed by atoms with Crippen molar-refractivity contribution < 1.29 is 14.7 Å². The smallest absolute Gasteiger partial charge is 0.141 e. The molecule has 0 amide bonds. The number of aldehydes is 1. The summed E-state index contributed by atoms with van der Waals surface area (Å²) in [5.41, 5.74) is -1.71. The Morgan fingerprint density at radius 1 is 1.50 bits per heavy atom. The molecule has 78 valence electrons. The highest BCUT2D eigenvalue weighted by atomic mass is 16.3. The second kappa shape index (κ2) is 2.89.